The second-order valence-corrected chi connectivity index (χ2v) is 9.45. The molecule has 5 aromatic rings. The second-order valence-electron chi connectivity index (χ2n) is 7.44. The van der Waals surface area contributed by atoms with E-state index in [1.54, 1.807) is 18.2 Å². The fraction of sp³-hybridized carbons (Fsp3) is 0.160. The Morgan fingerprint density at radius 2 is 1.15 bits per heavy atom. The zero-order chi connectivity index (χ0) is 23.7. The van der Waals surface area contributed by atoms with Gasteiger partial charge < -0.3 is 9.13 Å². The highest BCUT2D eigenvalue weighted by atomic mass is 32.1. The average molecular weight is 488 g/mol. The lowest BCUT2D eigenvalue weighted by atomic mass is 10.3. The molecule has 0 spiro atoms. The molecule has 0 fully saturated rings. The Bertz CT molecular complexity index is 1570. The van der Waals surface area contributed by atoms with Gasteiger partial charge >= 0.3 is 0 Å². The largest absolute Gasteiger partial charge is 0.317 e. The van der Waals surface area contributed by atoms with Gasteiger partial charge in [0.1, 0.15) is 11.4 Å². The maximum absolute atomic E-state index is 12.9. The molecule has 9 heteroatoms. The molecule has 0 aliphatic rings. The van der Waals surface area contributed by atoms with E-state index >= 15 is 0 Å². The molecule has 0 aliphatic heterocycles. The minimum Gasteiger partial charge on any atom is -0.317 e. The Morgan fingerprint density at radius 3 is 1.59 bits per heavy atom. The lowest BCUT2D eigenvalue weighted by Gasteiger charge is -2.01. The minimum absolute atomic E-state index is 0.112. The van der Waals surface area contributed by atoms with Gasteiger partial charge in [0.05, 0.1) is 20.4 Å². The van der Waals surface area contributed by atoms with Crippen LogP contribution in [-0.2, 0) is 13.1 Å². The van der Waals surface area contributed by atoms with Crippen molar-refractivity contribution in [2.45, 2.75) is 26.9 Å². The monoisotopic (exact) mass is 487 g/mol. The van der Waals surface area contributed by atoms with Gasteiger partial charge in [0.2, 0.25) is 0 Å². The number of hydrogen-bond donors (Lipinski definition) is 0. The predicted octanol–water partition coefficient (Wildman–Crippen LogP) is 4.64. The zero-order valence-electron chi connectivity index (χ0n) is 18.6. The first-order chi connectivity index (χ1) is 16.6. The van der Waals surface area contributed by atoms with E-state index in [1.165, 1.54) is 22.7 Å². The standard InChI is InChI=1S/C25H21N5O2S2/c1-3-29-18-12-5-7-14-20(18)33-24(29)27-22(31)16-10-9-11-17(26-16)23(32)28-25-30(4-2)19-13-6-8-15-21(19)34-25/h5-15H,3-4H2,1-2H3. The van der Waals surface area contributed by atoms with Crippen LogP contribution in [0.5, 0.6) is 0 Å². The van der Waals surface area contributed by atoms with E-state index in [9.17, 15) is 9.59 Å². The van der Waals surface area contributed by atoms with E-state index in [4.69, 9.17) is 0 Å². The molecule has 0 bridgehead atoms. The Morgan fingerprint density at radius 1 is 0.706 bits per heavy atom. The van der Waals surface area contributed by atoms with Crippen LogP contribution >= 0.6 is 22.7 Å². The van der Waals surface area contributed by atoms with Crippen molar-refractivity contribution in [1.82, 2.24) is 14.1 Å². The van der Waals surface area contributed by atoms with Crippen LogP contribution in [0.1, 0.15) is 34.8 Å². The molecule has 0 saturated carbocycles. The van der Waals surface area contributed by atoms with Crippen molar-refractivity contribution >= 4 is 54.9 Å². The first-order valence-corrected chi connectivity index (χ1v) is 12.5. The van der Waals surface area contributed by atoms with E-state index in [-0.39, 0.29) is 11.4 Å². The molecular weight excluding hydrogens is 466 g/mol. The molecule has 0 radical (unpaired) electrons. The first-order valence-electron chi connectivity index (χ1n) is 10.9. The van der Waals surface area contributed by atoms with E-state index in [2.05, 4.69) is 15.0 Å². The highest BCUT2D eigenvalue weighted by molar-refractivity contribution is 7.16. The highest BCUT2D eigenvalue weighted by Crippen LogP contribution is 2.18. The molecular formula is C25H21N5O2S2. The van der Waals surface area contributed by atoms with Gasteiger partial charge in [0.15, 0.2) is 9.60 Å². The number of thiazole rings is 2. The summed E-state index contributed by atoms with van der Waals surface area (Å²) in [6, 6.07) is 20.6. The third-order valence-electron chi connectivity index (χ3n) is 5.39. The number of nitrogens with zero attached hydrogens (tertiary/aromatic N) is 5. The van der Waals surface area contributed by atoms with Crippen LogP contribution < -0.4 is 9.60 Å². The van der Waals surface area contributed by atoms with Crippen molar-refractivity contribution in [3.8, 4) is 0 Å². The Kier molecular flexibility index (Phi) is 6.04. The number of fused-ring (bicyclic) bond motifs is 2. The maximum atomic E-state index is 12.9. The third-order valence-corrected chi connectivity index (χ3v) is 7.51. The summed E-state index contributed by atoms with van der Waals surface area (Å²) in [6.07, 6.45) is 0. The SMILES string of the molecule is CCn1c(=NC(=O)c2cccc(C(=O)N=c3sc4ccccc4n3CC)n2)sc2ccccc21. The van der Waals surface area contributed by atoms with Crippen LogP contribution in [0.25, 0.3) is 20.4 Å². The molecule has 2 aromatic carbocycles. The fourth-order valence-corrected chi connectivity index (χ4v) is 5.97. The molecule has 0 aliphatic carbocycles. The topological polar surface area (TPSA) is 81.6 Å². The second kappa shape index (κ2) is 9.28. The number of hydrogen-bond acceptors (Lipinski definition) is 5. The molecule has 0 atom stereocenters. The van der Waals surface area contributed by atoms with E-state index < -0.39 is 11.8 Å². The molecule has 34 heavy (non-hydrogen) atoms. The van der Waals surface area contributed by atoms with Crippen molar-refractivity contribution in [2.75, 3.05) is 0 Å². The molecule has 0 unspecified atom stereocenters. The molecule has 5 rings (SSSR count). The summed E-state index contributed by atoms with van der Waals surface area (Å²) in [7, 11) is 0. The minimum atomic E-state index is -0.492. The highest BCUT2D eigenvalue weighted by Gasteiger charge is 2.14. The number of rotatable bonds is 4. The predicted molar refractivity (Wildman–Crippen MR) is 135 cm³/mol. The summed E-state index contributed by atoms with van der Waals surface area (Å²) >= 11 is 2.90. The molecule has 2 amide bonds. The van der Waals surface area contributed by atoms with Crippen LogP contribution in [0, 0.1) is 0 Å². The maximum Gasteiger partial charge on any atom is 0.298 e. The molecule has 0 saturated heterocycles. The number of carbonyl (C=O) groups is 2. The van der Waals surface area contributed by atoms with Gasteiger partial charge in [-0.3, -0.25) is 9.59 Å². The van der Waals surface area contributed by atoms with Gasteiger partial charge in [-0.2, -0.15) is 9.98 Å². The van der Waals surface area contributed by atoms with Crippen LogP contribution in [-0.4, -0.2) is 25.9 Å². The van der Waals surface area contributed by atoms with E-state index in [0.717, 1.165) is 20.4 Å². The number of benzene rings is 2. The average Bonchev–Trinajstić information content (AvgIpc) is 3.40. The Balaban J connectivity index is 1.51. The number of aromatic nitrogens is 3. The summed E-state index contributed by atoms with van der Waals surface area (Å²) in [5, 5.41) is 0. The summed E-state index contributed by atoms with van der Waals surface area (Å²) in [6.45, 7) is 5.40. The summed E-state index contributed by atoms with van der Waals surface area (Å²) in [4.78, 5) is 40.0. The summed E-state index contributed by atoms with van der Waals surface area (Å²) in [5.41, 5.74) is 2.29. The van der Waals surface area contributed by atoms with E-state index in [0.29, 0.717) is 22.7 Å². The van der Waals surface area contributed by atoms with Crippen molar-refractivity contribution in [2.24, 2.45) is 9.98 Å². The number of aryl methyl sites for hydroxylation is 2. The Labute approximate surface area is 203 Å². The zero-order valence-corrected chi connectivity index (χ0v) is 20.3. The van der Waals surface area contributed by atoms with Crippen molar-refractivity contribution in [3.05, 3.63) is 87.7 Å². The number of carbonyl (C=O) groups excluding carboxylic acids is 2. The quantitative estimate of drug-likeness (QED) is 0.370. The molecule has 0 N–H and O–H groups in total. The van der Waals surface area contributed by atoms with Gasteiger partial charge in [-0.1, -0.05) is 53.0 Å². The molecule has 3 aromatic heterocycles. The summed E-state index contributed by atoms with van der Waals surface area (Å²) in [5.74, 6) is -0.984. The van der Waals surface area contributed by atoms with Crippen LogP contribution in [0.4, 0.5) is 0 Å². The Hall–Kier alpha value is -3.69. The lowest BCUT2D eigenvalue weighted by molar-refractivity contribution is 0.0989. The van der Waals surface area contributed by atoms with Crippen LogP contribution in [0.15, 0.2) is 76.7 Å². The normalized spacial score (nSPS) is 12.6. The van der Waals surface area contributed by atoms with Gasteiger partial charge in [0.25, 0.3) is 11.8 Å². The smallest absolute Gasteiger partial charge is 0.298 e. The van der Waals surface area contributed by atoms with Crippen molar-refractivity contribution in [1.29, 1.82) is 0 Å². The third kappa shape index (κ3) is 4.04. The first kappa shape index (κ1) is 22.1. The molecule has 170 valence electrons. The van der Waals surface area contributed by atoms with Crippen LogP contribution in [0.3, 0.4) is 0 Å². The summed E-state index contributed by atoms with van der Waals surface area (Å²) < 4.78 is 6.10. The fourth-order valence-electron chi connectivity index (χ4n) is 3.78. The van der Waals surface area contributed by atoms with Crippen LogP contribution in [0.2, 0.25) is 0 Å². The van der Waals surface area contributed by atoms with Crippen molar-refractivity contribution in [3.63, 3.8) is 0 Å². The number of para-hydroxylation sites is 2. The van der Waals surface area contributed by atoms with Crippen molar-refractivity contribution < 1.29 is 9.59 Å². The number of amides is 2. The van der Waals surface area contributed by atoms with Gasteiger partial charge in [-0.05, 0) is 50.2 Å². The molecule has 7 nitrogen and oxygen atoms in total. The van der Waals surface area contributed by atoms with Gasteiger partial charge in [0, 0.05) is 13.1 Å². The lowest BCUT2D eigenvalue weighted by Crippen LogP contribution is -2.18. The number of pyridine rings is 1. The molecule has 3 heterocycles. The van der Waals surface area contributed by atoms with E-state index in [1.807, 2.05) is 71.5 Å². The van der Waals surface area contributed by atoms with Gasteiger partial charge in [-0.25, -0.2) is 4.98 Å². The van der Waals surface area contributed by atoms with Gasteiger partial charge in [-0.15, -0.1) is 0 Å².